The van der Waals surface area contributed by atoms with E-state index >= 15 is 0 Å². The van der Waals surface area contributed by atoms with Crippen LogP contribution in [0.4, 0.5) is 5.69 Å². The van der Waals surface area contributed by atoms with Crippen molar-refractivity contribution in [3.05, 3.63) is 53.6 Å². The first-order valence-corrected chi connectivity index (χ1v) is 9.50. The van der Waals surface area contributed by atoms with Crippen LogP contribution in [0.5, 0.6) is 11.5 Å². The maximum Gasteiger partial charge on any atom is 0.230 e. The molecule has 2 amide bonds. The van der Waals surface area contributed by atoms with Crippen LogP contribution in [0.3, 0.4) is 0 Å². The molecule has 2 aliphatic rings. The molecule has 2 aromatic rings. The minimum atomic E-state index is -0.236. The van der Waals surface area contributed by atoms with Gasteiger partial charge in [0.25, 0.3) is 0 Å². The van der Waals surface area contributed by atoms with Gasteiger partial charge in [0.1, 0.15) is 0 Å². The van der Waals surface area contributed by atoms with E-state index in [2.05, 4.69) is 11.4 Å². The topological polar surface area (TPSA) is 67.9 Å². The summed E-state index contributed by atoms with van der Waals surface area (Å²) in [6, 6.07) is 13.5. The zero-order valence-electron chi connectivity index (χ0n) is 16.1. The summed E-state index contributed by atoms with van der Waals surface area (Å²) >= 11 is 0. The third-order valence-electron chi connectivity index (χ3n) is 5.51. The number of para-hydroxylation sites is 1. The van der Waals surface area contributed by atoms with Crippen LogP contribution < -0.4 is 19.7 Å². The first-order valence-electron chi connectivity index (χ1n) is 9.50. The fourth-order valence-corrected chi connectivity index (χ4v) is 3.84. The van der Waals surface area contributed by atoms with E-state index in [0.717, 1.165) is 17.7 Å². The number of nitrogens with zero attached hydrogens (tertiary/aromatic N) is 1. The molecule has 2 atom stereocenters. The summed E-state index contributed by atoms with van der Waals surface area (Å²) in [4.78, 5) is 27.2. The highest BCUT2D eigenvalue weighted by molar-refractivity contribution is 6.02. The summed E-state index contributed by atoms with van der Waals surface area (Å²) in [6.07, 6.45) is 1.50. The fourth-order valence-electron chi connectivity index (χ4n) is 3.84. The van der Waals surface area contributed by atoms with E-state index in [4.69, 9.17) is 9.47 Å². The molecule has 0 spiro atoms. The lowest BCUT2D eigenvalue weighted by molar-refractivity contribution is -0.126. The normalized spacial score (nSPS) is 19.7. The number of carbonyl (C=O) groups excluding carboxylic acids is 2. The molecule has 1 fully saturated rings. The lowest BCUT2D eigenvalue weighted by atomic mass is 10.2. The number of amides is 2. The van der Waals surface area contributed by atoms with Gasteiger partial charge in [0, 0.05) is 18.8 Å². The van der Waals surface area contributed by atoms with Crippen molar-refractivity contribution in [3.8, 4) is 11.5 Å². The van der Waals surface area contributed by atoms with E-state index in [-0.39, 0.29) is 23.7 Å². The molecule has 1 heterocycles. The molecule has 1 aliphatic heterocycles. The molecule has 2 aromatic carbocycles. The van der Waals surface area contributed by atoms with E-state index in [0.29, 0.717) is 31.0 Å². The molecular weight excluding hydrogens is 356 g/mol. The van der Waals surface area contributed by atoms with Crippen molar-refractivity contribution < 1.29 is 19.1 Å². The number of hydrogen-bond acceptors (Lipinski definition) is 4. The molecule has 4 rings (SSSR count). The molecule has 2 unspecified atom stereocenters. The number of benzene rings is 2. The number of rotatable bonds is 6. The van der Waals surface area contributed by atoms with Gasteiger partial charge >= 0.3 is 0 Å². The highest BCUT2D eigenvalue weighted by Crippen LogP contribution is 2.42. The predicted molar refractivity (Wildman–Crippen MR) is 105 cm³/mol. The number of anilines is 1. The van der Waals surface area contributed by atoms with Crippen LogP contribution in [0.15, 0.2) is 42.5 Å². The number of nitrogens with one attached hydrogen (secondary N) is 1. The molecule has 146 valence electrons. The van der Waals surface area contributed by atoms with Gasteiger partial charge in [-0.15, -0.1) is 0 Å². The van der Waals surface area contributed by atoms with Gasteiger partial charge in [-0.25, -0.2) is 0 Å². The quantitative estimate of drug-likeness (QED) is 0.836. The largest absolute Gasteiger partial charge is 0.493 e. The van der Waals surface area contributed by atoms with E-state index in [1.807, 2.05) is 41.3 Å². The van der Waals surface area contributed by atoms with Crippen molar-refractivity contribution in [3.63, 3.8) is 0 Å². The van der Waals surface area contributed by atoms with Gasteiger partial charge in [0.15, 0.2) is 11.5 Å². The molecule has 1 saturated carbocycles. The van der Waals surface area contributed by atoms with Crippen molar-refractivity contribution in [2.24, 2.45) is 11.8 Å². The number of methoxy groups -OCH3 is 2. The minimum Gasteiger partial charge on any atom is -0.493 e. The summed E-state index contributed by atoms with van der Waals surface area (Å²) in [5.74, 6) is 0.826. The smallest absolute Gasteiger partial charge is 0.230 e. The standard InChI is InChI=1S/C22H24N2O4/c1-27-19-8-7-14(11-20(19)28-2)13-23-21(25)16-12-17(16)22(26)24-10-9-15-5-3-4-6-18(15)24/h3-8,11,16-17H,9-10,12-13H2,1-2H3,(H,23,25). The molecule has 0 bridgehead atoms. The van der Waals surface area contributed by atoms with Crippen molar-refractivity contribution in [2.45, 2.75) is 19.4 Å². The predicted octanol–water partition coefficient (Wildman–Crippen LogP) is 2.55. The van der Waals surface area contributed by atoms with Gasteiger partial charge in [-0.2, -0.15) is 0 Å². The fraction of sp³-hybridized carbons (Fsp3) is 0.364. The van der Waals surface area contributed by atoms with E-state index in [9.17, 15) is 9.59 Å². The van der Waals surface area contributed by atoms with E-state index in [1.165, 1.54) is 5.56 Å². The monoisotopic (exact) mass is 380 g/mol. The van der Waals surface area contributed by atoms with Gasteiger partial charge in [0.05, 0.1) is 26.1 Å². The van der Waals surface area contributed by atoms with Crippen LogP contribution in [-0.4, -0.2) is 32.6 Å². The Labute approximate surface area is 164 Å². The SMILES string of the molecule is COc1ccc(CNC(=O)C2CC2C(=O)N2CCc3ccccc32)cc1OC. The second-order valence-electron chi connectivity index (χ2n) is 7.22. The molecule has 0 saturated heterocycles. The summed E-state index contributed by atoms with van der Waals surface area (Å²) in [5, 5.41) is 2.94. The zero-order valence-corrected chi connectivity index (χ0v) is 16.1. The maximum atomic E-state index is 12.8. The highest BCUT2D eigenvalue weighted by Gasteiger charge is 2.50. The van der Waals surface area contributed by atoms with Crippen molar-refractivity contribution in [1.82, 2.24) is 5.32 Å². The van der Waals surface area contributed by atoms with Crippen molar-refractivity contribution in [2.75, 3.05) is 25.7 Å². The van der Waals surface area contributed by atoms with Crippen LogP contribution in [-0.2, 0) is 22.6 Å². The second-order valence-corrected chi connectivity index (χ2v) is 7.22. The molecule has 6 nitrogen and oxygen atoms in total. The Hall–Kier alpha value is -3.02. The van der Waals surface area contributed by atoms with Crippen molar-refractivity contribution >= 4 is 17.5 Å². The van der Waals surface area contributed by atoms with Gasteiger partial charge in [-0.3, -0.25) is 9.59 Å². The molecule has 1 N–H and O–H groups in total. The highest BCUT2D eigenvalue weighted by atomic mass is 16.5. The first kappa shape index (κ1) is 18.3. The molecule has 0 aromatic heterocycles. The first-order chi connectivity index (χ1) is 13.6. The Kier molecular flexibility index (Phi) is 4.94. The zero-order chi connectivity index (χ0) is 19.7. The van der Waals surface area contributed by atoms with E-state index < -0.39 is 0 Å². The number of ether oxygens (including phenoxy) is 2. The Morgan fingerprint density at radius 3 is 2.64 bits per heavy atom. The molecule has 1 aliphatic carbocycles. The molecular formula is C22H24N2O4. The lowest BCUT2D eigenvalue weighted by Crippen LogP contribution is -2.33. The second kappa shape index (κ2) is 7.54. The van der Waals surface area contributed by atoms with Crippen LogP contribution in [0.2, 0.25) is 0 Å². The number of fused-ring (bicyclic) bond motifs is 1. The maximum absolute atomic E-state index is 12.8. The van der Waals surface area contributed by atoms with Gasteiger partial charge in [-0.05, 0) is 42.2 Å². The minimum absolute atomic E-state index is 0.0659. The average molecular weight is 380 g/mol. The number of hydrogen-bond donors (Lipinski definition) is 1. The summed E-state index contributed by atoms with van der Waals surface area (Å²) in [6.45, 7) is 1.10. The summed E-state index contributed by atoms with van der Waals surface area (Å²) in [5.41, 5.74) is 3.11. The van der Waals surface area contributed by atoms with Gasteiger partial charge in [-0.1, -0.05) is 24.3 Å². The summed E-state index contributed by atoms with van der Waals surface area (Å²) < 4.78 is 10.5. The molecule has 28 heavy (non-hydrogen) atoms. The Bertz CT molecular complexity index is 911. The van der Waals surface area contributed by atoms with Crippen LogP contribution in [0, 0.1) is 11.8 Å². The third kappa shape index (κ3) is 3.42. The Morgan fingerprint density at radius 1 is 1.07 bits per heavy atom. The Balaban J connectivity index is 1.33. The van der Waals surface area contributed by atoms with Gasteiger partial charge in [0.2, 0.25) is 11.8 Å². The summed E-state index contributed by atoms with van der Waals surface area (Å²) in [7, 11) is 3.17. The molecule has 6 heteroatoms. The lowest BCUT2D eigenvalue weighted by Gasteiger charge is -2.17. The van der Waals surface area contributed by atoms with Crippen LogP contribution in [0.1, 0.15) is 17.5 Å². The molecule has 0 radical (unpaired) electrons. The Morgan fingerprint density at radius 2 is 1.86 bits per heavy atom. The van der Waals surface area contributed by atoms with E-state index in [1.54, 1.807) is 14.2 Å². The van der Waals surface area contributed by atoms with Crippen LogP contribution >= 0.6 is 0 Å². The number of carbonyl (C=O) groups is 2. The average Bonchev–Trinajstić information content (AvgIpc) is 3.43. The van der Waals surface area contributed by atoms with Crippen molar-refractivity contribution in [1.29, 1.82) is 0 Å². The van der Waals surface area contributed by atoms with Crippen LogP contribution in [0.25, 0.3) is 0 Å². The van der Waals surface area contributed by atoms with Gasteiger partial charge < -0.3 is 19.7 Å². The third-order valence-corrected chi connectivity index (χ3v) is 5.51.